The van der Waals surface area contributed by atoms with Crippen molar-refractivity contribution in [2.45, 2.75) is 33.3 Å². The van der Waals surface area contributed by atoms with Gasteiger partial charge in [-0.25, -0.2) is 0 Å². The molecule has 0 aliphatic rings. The maximum absolute atomic E-state index is 11.8. The summed E-state index contributed by atoms with van der Waals surface area (Å²) in [5, 5.41) is 0. The number of hydrogen-bond donors (Lipinski definition) is 2. The van der Waals surface area contributed by atoms with E-state index in [4.69, 9.17) is 4.74 Å². The second kappa shape index (κ2) is 8.17. The monoisotopic (exact) mass is 328 g/mol. The van der Waals surface area contributed by atoms with E-state index >= 15 is 0 Å². The fourth-order valence-corrected chi connectivity index (χ4v) is 1.59. The van der Waals surface area contributed by atoms with E-state index in [1.54, 1.807) is 6.92 Å². The van der Waals surface area contributed by atoms with Gasteiger partial charge in [-0.05, 0) is 43.5 Å². The largest absolute Gasteiger partial charge is 0.369 e. The fraction of sp³-hybridized carbons (Fsp3) is 0.500. The third-order valence-corrected chi connectivity index (χ3v) is 3.14. The lowest BCUT2D eigenvalue weighted by Gasteiger charge is -2.15. The SMILES string of the molecule is CC(C)CCOC(C)C(=O)NNc1ccc(Br)cc1. The minimum absolute atomic E-state index is 0.174. The van der Waals surface area contributed by atoms with E-state index in [1.807, 2.05) is 24.3 Å². The molecule has 0 saturated carbocycles. The van der Waals surface area contributed by atoms with Crippen molar-refractivity contribution in [3.63, 3.8) is 0 Å². The summed E-state index contributed by atoms with van der Waals surface area (Å²) in [6.07, 6.45) is 0.499. The van der Waals surface area contributed by atoms with Crippen LogP contribution in [0.2, 0.25) is 0 Å². The molecular formula is C14H21BrN2O2. The van der Waals surface area contributed by atoms with Crippen molar-refractivity contribution in [1.82, 2.24) is 5.43 Å². The van der Waals surface area contributed by atoms with Crippen LogP contribution < -0.4 is 10.9 Å². The van der Waals surface area contributed by atoms with Crippen LogP contribution in [0.3, 0.4) is 0 Å². The second-order valence-electron chi connectivity index (χ2n) is 4.82. The Bertz CT molecular complexity index is 393. The molecule has 0 spiro atoms. The molecule has 1 unspecified atom stereocenters. The molecule has 19 heavy (non-hydrogen) atoms. The lowest BCUT2D eigenvalue weighted by Crippen LogP contribution is -2.38. The molecule has 0 fully saturated rings. The Balaban J connectivity index is 2.28. The molecule has 0 heterocycles. The third-order valence-electron chi connectivity index (χ3n) is 2.61. The van der Waals surface area contributed by atoms with Crippen molar-refractivity contribution in [2.75, 3.05) is 12.0 Å². The Labute approximate surface area is 123 Å². The first kappa shape index (κ1) is 16.0. The molecule has 1 rings (SSSR count). The lowest BCUT2D eigenvalue weighted by molar-refractivity contribution is -0.131. The van der Waals surface area contributed by atoms with Crippen LogP contribution >= 0.6 is 15.9 Å². The predicted octanol–water partition coefficient (Wildman–Crippen LogP) is 3.34. The summed E-state index contributed by atoms with van der Waals surface area (Å²) < 4.78 is 6.46. The standard InChI is InChI=1S/C14H21BrN2O2/c1-10(2)8-9-19-11(3)14(18)17-16-13-6-4-12(15)5-7-13/h4-7,10-11,16H,8-9H2,1-3H3,(H,17,18). The molecule has 0 radical (unpaired) electrons. The number of anilines is 1. The number of ether oxygens (including phenoxy) is 1. The van der Waals surface area contributed by atoms with Crippen LogP contribution in [0.5, 0.6) is 0 Å². The summed E-state index contributed by atoms with van der Waals surface area (Å²) in [4.78, 5) is 11.8. The van der Waals surface area contributed by atoms with E-state index in [2.05, 4.69) is 40.6 Å². The zero-order valence-electron chi connectivity index (χ0n) is 11.6. The number of halogens is 1. The summed E-state index contributed by atoms with van der Waals surface area (Å²) in [6.45, 7) is 6.61. The van der Waals surface area contributed by atoms with Crippen LogP contribution in [-0.4, -0.2) is 18.6 Å². The molecule has 0 aliphatic heterocycles. The molecule has 0 aromatic heterocycles. The molecular weight excluding hydrogens is 308 g/mol. The van der Waals surface area contributed by atoms with Crippen molar-refractivity contribution in [3.05, 3.63) is 28.7 Å². The summed E-state index contributed by atoms with van der Waals surface area (Å²) in [5.74, 6) is 0.405. The van der Waals surface area contributed by atoms with E-state index < -0.39 is 6.10 Å². The van der Waals surface area contributed by atoms with Crippen LogP contribution in [0, 0.1) is 5.92 Å². The van der Waals surface area contributed by atoms with Gasteiger partial charge >= 0.3 is 0 Å². The van der Waals surface area contributed by atoms with E-state index in [0.29, 0.717) is 12.5 Å². The highest BCUT2D eigenvalue weighted by atomic mass is 79.9. The van der Waals surface area contributed by atoms with Gasteiger partial charge in [-0.15, -0.1) is 0 Å². The van der Waals surface area contributed by atoms with Crippen LogP contribution in [0.25, 0.3) is 0 Å². The average molecular weight is 329 g/mol. The smallest absolute Gasteiger partial charge is 0.267 e. The van der Waals surface area contributed by atoms with Gasteiger partial charge < -0.3 is 4.74 Å². The molecule has 4 nitrogen and oxygen atoms in total. The van der Waals surface area contributed by atoms with Gasteiger partial charge in [-0.2, -0.15) is 0 Å². The molecule has 0 saturated heterocycles. The zero-order chi connectivity index (χ0) is 14.3. The highest BCUT2D eigenvalue weighted by Gasteiger charge is 2.12. The number of hydrogen-bond acceptors (Lipinski definition) is 3. The second-order valence-corrected chi connectivity index (χ2v) is 5.73. The number of hydrazine groups is 1. The normalized spacial score (nSPS) is 12.3. The predicted molar refractivity (Wildman–Crippen MR) is 80.8 cm³/mol. The maximum atomic E-state index is 11.8. The summed E-state index contributed by atoms with van der Waals surface area (Å²) in [6, 6.07) is 7.54. The van der Waals surface area contributed by atoms with Gasteiger partial charge in [0.05, 0.1) is 5.69 Å². The topological polar surface area (TPSA) is 50.4 Å². The number of rotatable bonds is 7. The molecule has 1 aromatic carbocycles. The van der Waals surface area contributed by atoms with Crippen LogP contribution in [0.4, 0.5) is 5.69 Å². The Morgan fingerprint density at radius 1 is 1.26 bits per heavy atom. The molecule has 106 valence electrons. The first-order valence-electron chi connectivity index (χ1n) is 6.42. The first-order valence-corrected chi connectivity index (χ1v) is 7.21. The van der Waals surface area contributed by atoms with Crippen LogP contribution in [0.1, 0.15) is 27.2 Å². The van der Waals surface area contributed by atoms with Gasteiger partial charge in [0.1, 0.15) is 6.10 Å². The Hall–Kier alpha value is -1.07. The first-order chi connectivity index (χ1) is 8.99. The number of carbonyl (C=O) groups is 1. The van der Waals surface area contributed by atoms with Crippen molar-refractivity contribution in [3.8, 4) is 0 Å². The molecule has 2 N–H and O–H groups in total. The van der Waals surface area contributed by atoms with Crippen molar-refractivity contribution >= 4 is 27.5 Å². The van der Waals surface area contributed by atoms with Crippen molar-refractivity contribution in [1.29, 1.82) is 0 Å². The van der Waals surface area contributed by atoms with E-state index in [9.17, 15) is 4.79 Å². The van der Waals surface area contributed by atoms with Crippen molar-refractivity contribution < 1.29 is 9.53 Å². The van der Waals surface area contributed by atoms with Crippen LogP contribution in [-0.2, 0) is 9.53 Å². The highest BCUT2D eigenvalue weighted by Crippen LogP contribution is 2.13. The Kier molecular flexibility index (Phi) is 6.87. The quantitative estimate of drug-likeness (QED) is 0.755. The van der Waals surface area contributed by atoms with Gasteiger partial charge in [-0.3, -0.25) is 15.6 Å². The van der Waals surface area contributed by atoms with Crippen LogP contribution in [0.15, 0.2) is 28.7 Å². The van der Waals surface area contributed by atoms with Gasteiger partial charge in [0, 0.05) is 11.1 Å². The number of amides is 1. The van der Waals surface area contributed by atoms with Gasteiger partial charge in [-0.1, -0.05) is 29.8 Å². The summed E-state index contributed by atoms with van der Waals surface area (Å²) in [7, 11) is 0. The Morgan fingerprint density at radius 3 is 2.47 bits per heavy atom. The van der Waals surface area contributed by atoms with E-state index in [1.165, 1.54) is 0 Å². The van der Waals surface area contributed by atoms with Gasteiger partial charge in [0.25, 0.3) is 5.91 Å². The average Bonchev–Trinajstić information content (AvgIpc) is 2.37. The molecule has 0 aliphatic carbocycles. The minimum atomic E-state index is -0.457. The molecule has 0 bridgehead atoms. The van der Waals surface area contributed by atoms with E-state index in [0.717, 1.165) is 16.6 Å². The number of nitrogens with one attached hydrogen (secondary N) is 2. The molecule has 1 aromatic rings. The summed E-state index contributed by atoms with van der Waals surface area (Å²) in [5.41, 5.74) is 6.30. The van der Waals surface area contributed by atoms with Gasteiger partial charge in [0.15, 0.2) is 0 Å². The lowest BCUT2D eigenvalue weighted by atomic mass is 10.1. The zero-order valence-corrected chi connectivity index (χ0v) is 13.2. The number of benzene rings is 1. The molecule has 5 heteroatoms. The summed E-state index contributed by atoms with van der Waals surface area (Å²) >= 11 is 3.35. The Morgan fingerprint density at radius 2 is 1.89 bits per heavy atom. The number of carbonyl (C=O) groups excluding carboxylic acids is 1. The molecule has 1 amide bonds. The fourth-order valence-electron chi connectivity index (χ4n) is 1.32. The minimum Gasteiger partial charge on any atom is -0.369 e. The van der Waals surface area contributed by atoms with Gasteiger partial charge in [0.2, 0.25) is 0 Å². The molecule has 1 atom stereocenters. The maximum Gasteiger partial charge on any atom is 0.267 e. The van der Waals surface area contributed by atoms with Crippen molar-refractivity contribution in [2.24, 2.45) is 5.92 Å². The third kappa shape index (κ3) is 6.59. The van der Waals surface area contributed by atoms with E-state index in [-0.39, 0.29) is 5.91 Å². The highest BCUT2D eigenvalue weighted by molar-refractivity contribution is 9.10.